The van der Waals surface area contributed by atoms with Gasteiger partial charge in [0, 0.05) is 6.42 Å². The predicted molar refractivity (Wildman–Crippen MR) is 40.7 cm³/mol. The van der Waals surface area contributed by atoms with Crippen LogP contribution in [0.25, 0.3) is 0 Å². The summed E-state index contributed by atoms with van der Waals surface area (Å²) in [6, 6.07) is 0. The van der Waals surface area contributed by atoms with Crippen LogP contribution >= 0.6 is 0 Å². The van der Waals surface area contributed by atoms with Gasteiger partial charge in [0.15, 0.2) is 6.23 Å². The van der Waals surface area contributed by atoms with E-state index >= 15 is 0 Å². The molecule has 0 aliphatic carbocycles. The van der Waals surface area contributed by atoms with Crippen molar-refractivity contribution in [1.82, 2.24) is 4.90 Å². The molecule has 6 nitrogen and oxygen atoms in total. The van der Waals surface area contributed by atoms with Crippen molar-refractivity contribution in [1.29, 1.82) is 0 Å². The van der Waals surface area contributed by atoms with Crippen LogP contribution in [0.1, 0.15) is 6.42 Å². The Balaban J connectivity index is 2.59. The Morgan fingerprint density at radius 1 is 1.69 bits per heavy atom. The molecule has 1 rings (SSSR count). The van der Waals surface area contributed by atoms with E-state index in [0.717, 1.165) is 0 Å². The summed E-state index contributed by atoms with van der Waals surface area (Å²) in [5.41, 5.74) is 0. The number of nitrogens with zero attached hydrogens (tertiary/aromatic N) is 1. The lowest BCUT2D eigenvalue weighted by Crippen LogP contribution is -2.37. The van der Waals surface area contributed by atoms with Crippen molar-refractivity contribution in [2.24, 2.45) is 0 Å². The number of carbonyl (C=O) groups is 2. The van der Waals surface area contributed by atoms with E-state index in [-0.39, 0.29) is 19.4 Å². The molecule has 2 atom stereocenters. The fourth-order valence-electron chi connectivity index (χ4n) is 1.28. The molecule has 1 heterocycles. The lowest BCUT2D eigenvalue weighted by atomic mass is 10.3. The van der Waals surface area contributed by atoms with Crippen molar-refractivity contribution in [3.05, 3.63) is 0 Å². The predicted octanol–water partition coefficient (Wildman–Crippen LogP) is -0.681. The molecule has 6 heteroatoms. The number of hydrogen-bond donors (Lipinski definition) is 1. The highest BCUT2D eigenvalue weighted by atomic mass is 16.6. The van der Waals surface area contributed by atoms with Gasteiger partial charge in [0.1, 0.15) is 0 Å². The van der Waals surface area contributed by atoms with Crippen molar-refractivity contribution in [2.75, 3.05) is 13.7 Å². The van der Waals surface area contributed by atoms with Crippen molar-refractivity contribution in [3.63, 3.8) is 0 Å². The summed E-state index contributed by atoms with van der Waals surface area (Å²) in [6.07, 6.45) is -1.75. The van der Waals surface area contributed by atoms with Crippen molar-refractivity contribution in [2.45, 2.75) is 18.8 Å². The third kappa shape index (κ3) is 2.09. The third-order valence-corrected chi connectivity index (χ3v) is 1.85. The lowest BCUT2D eigenvalue weighted by Gasteiger charge is -2.20. The second kappa shape index (κ2) is 4.08. The highest BCUT2D eigenvalue weighted by Gasteiger charge is 2.36. The molecule has 0 aromatic carbocycles. The monoisotopic (exact) mass is 189 g/mol. The van der Waals surface area contributed by atoms with Gasteiger partial charge in [-0.15, -0.1) is 0 Å². The molecule has 1 amide bonds. The first kappa shape index (κ1) is 9.79. The van der Waals surface area contributed by atoms with E-state index in [1.165, 1.54) is 12.0 Å². The molecule has 1 fully saturated rings. The zero-order valence-electron chi connectivity index (χ0n) is 7.17. The molecule has 0 aromatic rings. The maximum Gasteiger partial charge on any atom is 0.412 e. The van der Waals surface area contributed by atoms with Gasteiger partial charge in [-0.2, -0.15) is 0 Å². The van der Waals surface area contributed by atoms with Crippen molar-refractivity contribution in [3.8, 4) is 0 Å². The van der Waals surface area contributed by atoms with Gasteiger partial charge in [-0.1, -0.05) is 0 Å². The van der Waals surface area contributed by atoms with Gasteiger partial charge >= 0.3 is 6.09 Å². The van der Waals surface area contributed by atoms with Gasteiger partial charge in [0.25, 0.3) is 6.47 Å². The van der Waals surface area contributed by atoms with Gasteiger partial charge in [-0.3, -0.25) is 9.69 Å². The number of methoxy groups -OCH3 is 1. The zero-order valence-corrected chi connectivity index (χ0v) is 7.17. The molecule has 1 N–H and O–H groups in total. The largest absolute Gasteiger partial charge is 0.453 e. The Labute approximate surface area is 75.0 Å². The molecule has 0 aromatic heterocycles. The second-order valence-electron chi connectivity index (χ2n) is 2.70. The van der Waals surface area contributed by atoms with Crippen LogP contribution in [0.4, 0.5) is 4.79 Å². The van der Waals surface area contributed by atoms with Crippen LogP contribution in [0.3, 0.4) is 0 Å². The summed E-state index contributed by atoms with van der Waals surface area (Å²) < 4.78 is 9.03. The number of ether oxygens (including phenoxy) is 2. The van der Waals surface area contributed by atoms with Crippen molar-refractivity contribution < 1.29 is 24.2 Å². The Bertz CT molecular complexity index is 207. The number of carbonyl (C=O) groups excluding carboxylic acids is 2. The minimum atomic E-state index is -0.708. The highest BCUT2D eigenvalue weighted by Crippen LogP contribution is 2.18. The van der Waals surface area contributed by atoms with Gasteiger partial charge in [-0.05, 0) is 0 Å². The molecule has 0 bridgehead atoms. The molecule has 1 aliphatic rings. The molecule has 1 saturated heterocycles. The molecule has 0 spiro atoms. The molecular formula is C7H11NO5. The quantitative estimate of drug-likeness (QED) is 0.582. The number of aliphatic hydroxyl groups excluding tert-OH is 1. The maximum absolute atomic E-state index is 11.0. The van der Waals surface area contributed by atoms with Gasteiger partial charge in [-0.25, -0.2) is 4.79 Å². The number of aliphatic hydroxyl groups is 1. The summed E-state index contributed by atoms with van der Waals surface area (Å²) in [4.78, 5) is 22.2. The van der Waals surface area contributed by atoms with E-state index in [4.69, 9.17) is 0 Å². The first-order chi connectivity index (χ1) is 6.19. The SMILES string of the molecule is COC(=O)N1C[C@H](O)C[C@H]1OC=O. The van der Waals surface area contributed by atoms with Crippen LogP contribution < -0.4 is 0 Å². The summed E-state index contributed by atoms with van der Waals surface area (Å²) in [5, 5.41) is 9.20. The lowest BCUT2D eigenvalue weighted by molar-refractivity contribution is -0.139. The van der Waals surface area contributed by atoms with E-state index in [9.17, 15) is 14.7 Å². The normalized spacial score (nSPS) is 27.1. The maximum atomic E-state index is 11.0. The number of hydrogen-bond acceptors (Lipinski definition) is 5. The van der Waals surface area contributed by atoms with Gasteiger partial charge in [0.2, 0.25) is 0 Å². The summed E-state index contributed by atoms with van der Waals surface area (Å²) >= 11 is 0. The number of β-amino-alcohol motifs (C(OH)–C–C–N with tert-alkyl or cyclic N) is 1. The Kier molecular flexibility index (Phi) is 3.07. The van der Waals surface area contributed by atoms with Gasteiger partial charge in [0.05, 0.1) is 19.8 Å². The van der Waals surface area contributed by atoms with Crippen molar-refractivity contribution >= 4 is 12.6 Å². The van der Waals surface area contributed by atoms with Crippen LogP contribution in [0, 0.1) is 0 Å². The van der Waals surface area contributed by atoms with Crippen LogP contribution in [0.2, 0.25) is 0 Å². The first-order valence-electron chi connectivity index (χ1n) is 3.80. The molecule has 0 radical (unpaired) electrons. The van der Waals surface area contributed by atoms with Crippen LogP contribution in [0.5, 0.6) is 0 Å². The fraction of sp³-hybridized carbons (Fsp3) is 0.714. The average molecular weight is 189 g/mol. The van der Waals surface area contributed by atoms with E-state index < -0.39 is 18.4 Å². The van der Waals surface area contributed by atoms with Crippen LogP contribution in [-0.2, 0) is 14.3 Å². The number of rotatable bonds is 2. The van der Waals surface area contributed by atoms with Crippen LogP contribution in [0.15, 0.2) is 0 Å². The Hall–Kier alpha value is -1.30. The summed E-state index contributed by atoms with van der Waals surface area (Å²) in [6.45, 7) is 0.379. The Morgan fingerprint density at radius 3 is 2.92 bits per heavy atom. The average Bonchev–Trinajstić information content (AvgIpc) is 2.46. The minimum absolute atomic E-state index is 0.130. The van der Waals surface area contributed by atoms with E-state index in [0.29, 0.717) is 0 Å². The summed E-state index contributed by atoms with van der Waals surface area (Å²) in [7, 11) is 1.23. The third-order valence-electron chi connectivity index (χ3n) is 1.85. The molecule has 0 unspecified atom stereocenters. The van der Waals surface area contributed by atoms with E-state index in [2.05, 4.69) is 9.47 Å². The first-order valence-corrected chi connectivity index (χ1v) is 3.80. The second-order valence-corrected chi connectivity index (χ2v) is 2.70. The summed E-state index contributed by atoms with van der Waals surface area (Å²) in [5.74, 6) is 0. The minimum Gasteiger partial charge on any atom is -0.453 e. The topological polar surface area (TPSA) is 76.1 Å². The molecule has 1 aliphatic heterocycles. The molecule has 74 valence electrons. The standard InChI is InChI=1S/C7H11NO5/c1-12-7(11)8-3-5(10)2-6(8)13-4-9/h4-6,10H,2-3H2,1H3/t5-,6-/m1/s1. The smallest absolute Gasteiger partial charge is 0.412 e. The van der Waals surface area contributed by atoms with Crippen LogP contribution in [-0.4, -0.2) is 48.6 Å². The Morgan fingerprint density at radius 2 is 2.38 bits per heavy atom. The fourth-order valence-corrected chi connectivity index (χ4v) is 1.28. The number of likely N-dealkylation sites (tertiary alicyclic amines) is 1. The molecule has 0 saturated carbocycles. The molecule has 13 heavy (non-hydrogen) atoms. The highest BCUT2D eigenvalue weighted by molar-refractivity contribution is 5.68. The van der Waals surface area contributed by atoms with Gasteiger partial charge < -0.3 is 14.6 Å². The zero-order chi connectivity index (χ0) is 9.84. The van der Waals surface area contributed by atoms with E-state index in [1.54, 1.807) is 0 Å². The number of amides is 1. The molecular weight excluding hydrogens is 178 g/mol. The van der Waals surface area contributed by atoms with E-state index in [1.807, 2.05) is 0 Å².